The van der Waals surface area contributed by atoms with Gasteiger partial charge in [-0.15, -0.1) is 0 Å². The topological polar surface area (TPSA) is 101 Å². The van der Waals surface area contributed by atoms with Gasteiger partial charge in [-0.2, -0.15) is 0 Å². The van der Waals surface area contributed by atoms with Gasteiger partial charge in [-0.25, -0.2) is 4.68 Å². The summed E-state index contributed by atoms with van der Waals surface area (Å²) in [4.78, 5) is 37.4. The first kappa shape index (κ1) is 23.1. The predicted octanol–water partition coefficient (Wildman–Crippen LogP) is 3.80. The number of hydrogen-bond donors (Lipinski definition) is 3. The molecular weight excluding hydrogens is 511 g/mol. The van der Waals surface area contributed by atoms with Crippen molar-refractivity contribution < 1.29 is 19.1 Å². The van der Waals surface area contributed by atoms with Gasteiger partial charge >= 0.3 is 11.8 Å². The largest absolute Gasteiger partial charge is 0.383 e. The van der Waals surface area contributed by atoms with Crippen LogP contribution in [0.4, 0.5) is 5.69 Å². The van der Waals surface area contributed by atoms with E-state index in [4.69, 9.17) is 27.9 Å². The molecule has 0 saturated carbocycles. The third-order valence-electron chi connectivity index (χ3n) is 4.19. The Kier molecular flexibility index (Phi) is 7.55. The number of halogens is 3. The molecule has 0 fully saturated rings. The van der Waals surface area contributed by atoms with Gasteiger partial charge in [-0.1, -0.05) is 39.1 Å². The average Bonchev–Trinajstić information content (AvgIpc) is 3.08. The number of benzene rings is 2. The number of aromatic nitrogens is 1. The SMILES string of the molecule is COCCNC(=O)C(=O)Nn1c(C(=O)Nc2ccc(Cl)c(Cl)c2)cc2cc(Br)ccc21. The third-order valence-corrected chi connectivity index (χ3v) is 5.42. The molecule has 0 unspecified atom stereocenters. The molecule has 0 bridgehead atoms. The molecule has 0 saturated heterocycles. The molecular formula is C20H17BrCl2N4O4. The van der Waals surface area contributed by atoms with Gasteiger partial charge in [0, 0.05) is 29.2 Å². The molecule has 3 N–H and O–H groups in total. The molecule has 0 aliphatic heterocycles. The summed E-state index contributed by atoms with van der Waals surface area (Å²) >= 11 is 15.3. The van der Waals surface area contributed by atoms with E-state index < -0.39 is 17.7 Å². The molecule has 162 valence electrons. The Morgan fingerprint density at radius 2 is 1.81 bits per heavy atom. The van der Waals surface area contributed by atoms with Crippen LogP contribution in [0.1, 0.15) is 10.5 Å². The zero-order chi connectivity index (χ0) is 22.5. The van der Waals surface area contributed by atoms with Crippen LogP contribution in [0.5, 0.6) is 0 Å². The lowest BCUT2D eigenvalue weighted by Crippen LogP contribution is -2.40. The third kappa shape index (κ3) is 5.56. The molecule has 0 spiro atoms. The summed E-state index contributed by atoms with van der Waals surface area (Å²) in [5.41, 5.74) is 3.52. The van der Waals surface area contributed by atoms with Crippen LogP contribution in [-0.4, -0.2) is 42.7 Å². The lowest BCUT2D eigenvalue weighted by Gasteiger charge is -2.13. The fourth-order valence-electron chi connectivity index (χ4n) is 2.74. The minimum atomic E-state index is -0.930. The maximum atomic E-state index is 13.0. The maximum Gasteiger partial charge on any atom is 0.328 e. The van der Waals surface area contributed by atoms with Gasteiger partial charge in [0.2, 0.25) is 0 Å². The fourth-order valence-corrected chi connectivity index (χ4v) is 3.42. The Hall–Kier alpha value is -2.59. The van der Waals surface area contributed by atoms with Crippen molar-refractivity contribution in [1.29, 1.82) is 0 Å². The molecule has 3 aromatic rings. The van der Waals surface area contributed by atoms with E-state index in [9.17, 15) is 14.4 Å². The van der Waals surface area contributed by atoms with Crippen LogP contribution in [-0.2, 0) is 14.3 Å². The number of carbonyl (C=O) groups is 3. The summed E-state index contributed by atoms with van der Waals surface area (Å²) in [5.74, 6) is -2.31. The summed E-state index contributed by atoms with van der Waals surface area (Å²) in [6.45, 7) is 0.434. The van der Waals surface area contributed by atoms with Crippen LogP contribution in [0.2, 0.25) is 10.0 Å². The predicted molar refractivity (Wildman–Crippen MR) is 123 cm³/mol. The summed E-state index contributed by atoms with van der Waals surface area (Å²) in [5, 5.41) is 6.44. The second-order valence-corrected chi connectivity index (χ2v) is 8.07. The second-order valence-electron chi connectivity index (χ2n) is 6.34. The van der Waals surface area contributed by atoms with E-state index in [2.05, 4.69) is 32.0 Å². The highest BCUT2D eigenvalue weighted by molar-refractivity contribution is 9.10. The van der Waals surface area contributed by atoms with Gasteiger partial charge in [0.1, 0.15) is 5.69 Å². The molecule has 1 heterocycles. The van der Waals surface area contributed by atoms with Crippen molar-refractivity contribution in [2.24, 2.45) is 0 Å². The normalized spacial score (nSPS) is 10.7. The van der Waals surface area contributed by atoms with Crippen LogP contribution in [0.15, 0.2) is 46.9 Å². The molecule has 3 amide bonds. The molecule has 0 atom stereocenters. The summed E-state index contributed by atoms with van der Waals surface area (Å²) in [6.07, 6.45) is 0. The number of amides is 3. The van der Waals surface area contributed by atoms with Gasteiger partial charge in [0.05, 0.1) is 22.2 Å². The van der Waals surface area contributed by atoms with Gasteiger partial charge in [-0.05, 0) is 42.5 Å². The number of methoxy groups -OCH3 is 1. The zero-order valence-electron chi connectivity index (χ0n) is 16.2. The highest BCUT2D eigenvalue weighted by Gasteiger charge is 2.21. The van der Waals surface area contributed by atoms with Crippen molar-refractivity contribution in [3.8, 4) is 0 Å². The highest BCUT2D eigenvalue weighted by Crippen LogP contribution is 2.27. The highest BCUT2D eigenvalue weighted by atomic mass is 79.9. The number of nitrogens with one attached hydrogen (secondary N) is 3. The van der Waals surface area contributed by atoms with Crippen LogP contribution in [0.3, 0.4) is 0 Å². The van der Waals surface area contributed by atoms with Crippen LogP contribution >= 0.6 is 39.1 Å². The standard InChI is InChI=1S/C20H17BrCl2N4O4/c1-31-7-6-24-19(29)20(30)26-27-16-5-2-12(21)8-11(16)9-17(27)18(28)25-13-3-4-14(22)15(23)10-13/h2-5,8-10H,6-7H2,1H3,(H,24,29)(H,25,28)(H,26,30). The molecule has 0 aliphatic carbocycles. The lowest BCUT2D eigenvalue weighted by atomic mass is 10.2. The molecule has 31 heavy (non-hydrogen) atoms. The lowest BCUT2D eigenvalue weighted by molar-refractivity contribution is -0.136. The first-order chi connectivity index (χ1) is 14.8. The molecule has 0 radical (unpaired) electrons. The van der Waals surface area contributed by atoms with Gasteiger partial charge in [0.25, 0.3) is 5.91 Å². The summed E-state index contributed by atoms with van der Waals surface area (Å²) in [6, 6.07) is 11.5. The monoisotopic (exact) mass is 526 g/mol. The van der Waals surface area contributed by atoms with Gasteiger partial charge in [-0.3, -0.25) is 19.8 Å². The van der Waals surface area contributed by atoms with E-state index in [0.717, 1.165) is 4.47 Å². The first-order valence-corrected chi connectivity index (χ1v) is 10.5. The second kappa shape index (κ2) is 10.1. The van der Waals surface area contributed by atoms with Crippen LogP contribution in [0.25, 0.3) is 10.9 Å². The number of ether oxygens (including phenoxy) is 1. The van der Waals surface area contributed by atoms with Gasteiger partial charge < -0.3 is 15.4 Å². The maximum absolute atomic E-state index is 13.0. The van der Waals surface area contributed by atoms with Crippen molar-refractivity contribution in [3.63, 3.8) is 0 Å². The number of hydrogen-bond acceptors (Lipinski definition) is 4. The number of anilines is 1. The summed E-state index contributed by atoms with van der Waals surface area (Å²) in [7, 11) is 1.48. The number of nitrogens with zero attached hydrogens (tertiary/aromatic N) is 1. The first-order valence-electron chi connectivity index (χ1n) is 8.95. The summed E-state index contributed by atoms with van der Waals surface area (Å²) < 4.78 is 6.89. The Morgan fingerprint density at radius 1 is 1.03 bits per heavy atom. The van der Waals surface area contributed by atoms with E-state index >= 15 is 0 Å². The fraction of sp³-hybridized carbons (Fsp3) is 0.150. The Bertz CT molecular complexity index is 1170. The van der Waals surface area contributed by atoms with E-state index in [1.54, 1.807) is 36.4 Å². The molecule has 0 aliphatic rings. The quantitative estimate of drug-likeness (QED) is 0.335. The Labute approximate surface area is 195 Å². The molecule has 2 aromatic carbocycles. The van der Waals surface area contributed by atoms with Crippen LogP contribution < -0.4 is 16.1 Å². The van der Waals surface area contributed by atoms with E-state index in [-0.39, 0.29) is 23.9 Å². The number of rotatable bonds is 6. The van der Waals surface area contributed by atoms with Crippen molar-refractivity contribution >= 4 is 73.4 Å². The molecule has 11 heteroatoms. The van der Waals surface area contributed by atoms with Crippen molar-refractivity contribution in [3.05, 3.63) is 62.7 Å². The smallest absolute Gasteiger partial charge is 0.328 e. The number of fused-ring (bicyclic) bond motifs is 1. The van der Waals surface area contributed by atoms with Crippen molar-refractivity contribution in [2.75, 3.05) is 31.0 Å². The average molecular weight is 528 g/mol. The Morgan fingerprint density at radius 3 is 2.52 bits per heavy atom. The Balaban J connectivity index is 1.91. The minimum Gasteiger partial charge on any atom is -0.383 e. The van der Waals surface area contributed by atoms with Crippen molar-refractivity contribution in [2.45, 2.75) is 0 Å². The zero-order valence-corrected chi connectivity index (χ0v) is 19.3. The van der Waals surface area contributed by atoms with E-state index in [1.807, 2.05) is 0 Å². The molecule has 3 rings (SSSR count). The minimum absolute atomic E-state index is 0.109. The van der Waals surface area contributed by atoms with Crippen molar-refractivity contribution in [1.82, 2.24) is 9.99 Å². The number of carbonyl (C=O) groups excluding carboxylic acids is 3. The van der Waals surface area contributed by atoms with E-state index in [1.165, 1.54) is 17.9 Å². The van der Waals surface area contributed by atoms with E-state index in [0.29, 0.717) is 21.6 Å². The molecule has 8 nitrogen and oxygen atoms in total. The van der Waals surface area contributed by atoms with Gasteiger partial charge in [0.15, 0.2) is 0 Å². The molecule has 1 aromatic heterocycles. The van der Waals surface area contributed by atoms with Crippen LogP contribution in [0, 0.1) is 0 Å².